The molecule has 0 fully saturated rings. The maximum Gasteiger partial charge on any atom is 0.419 e. The third kappa shape index (κ3) is 3.95. The average Bonchev–Trinajstić information content (AvgIpc) is 3.16. The van der Waals surface area contributed by atoms with Crippen LogP contribution in [0.5, 0.6) is 0 Å². The van der Waals surface area contributed by atoms with Gasteiger partial charge in [-0.1, -0.05) is 11.6 Å². The average molecular weight is 505 g/mol. The number of carboxylic acid groups (broad SMARTS) is 1. The molecule has 1 unspecified atom stereocenters. The molecular formula is C19H13ClF4N4O4S. The summed E-state index contributed by atoms with van der Waals surface area (Å²) in [4.78, 5) is 9.88. The van der Waals surface area contributed by atoms with E-state index in [0.29, 0.717) is 18.5 Å². The second kappa shape index (κ2) is 8.06. The monoisotopic (exact) mass is 504 g/mol. The van der Waals surface area contributed by atoms with Gasteiger partial charge in [-0.3, -0.25) is 5.10 Å². The molecule has 33 heavy (non-hydrogen) atoms. The van der Waals surface area contributed by atoms with Crippen molar-refractivity contribution in [1.82, 2.24) is 20.4 Å². The first kappa shape index (κ1) is 23.1. The van der Waals surface area contributed by atoms with Gasteiger partial charge >= 0.3 is 12.1 Å². The molecule has 1 aliphatic carbocycles. The Morgan fingerprint density at radius 1 is 1.27 bits per heavy atom. The normalized spacial score (nSPS) is 16.5. The lowest BCUT2D eigenvalue weighted by Gasteiger charge is -2.25. The van der Waals surface area contributed by atoms with Crippen LogP contribution < -0.4 is 0 Å². The second-order valence-electron chi connectivity index (χ2n) is 7.27. The van der Waals surface area contributed by atoms with Gasteiger partial charge in [0.25, 0.3) is 0 Å². The van der Waals surface area contributed by atoms with Crippen LogP contribution in [-0.4, -0.2) is 39.9 Å². The highest BCUT2D eigenvalue weighted by atomic mass is 35.5. The van der Waals surface area contributed by atoms with Gasteiger partial charge < -0.3 is 5.11 Å². The molecule has 2 heterocycles. The number of carboxylic acids is 1. The number of fused-ring (bicyclic) bond motifs is 1. The van der Waals surface area contributed by atoms with Gasteiger partial charge in [-0.25, -0.2) is 17.6 Å². The minimum absolute atomic E-state index is 0.00392. The van der Waals surface area contributed by atoms with Crippen molar-refractivity contribution in [3.05, 3.63) is 57.8 Å². The van der Waals surface area contributed by atoms with Gasteiger partial charge in [-0.2, -0.15) is 23.4 Å². The van der Waals surface area contributed by atoms with Crippen molar-refractivity contribution in [2.75, 3.05) is 0 Å². The molecule has 1 atom stereocenters. The number of nitrogens with zero attached hydrogens (tertiary/aromatic N) is 3. The van der Waals surface area contributed by atoms with Crippen LogP contribution in [0, 0.1) is 5.82 Å². The van der Waals surface area contributed by atoms with E-state index < -0.39 is 48.7 Å². The first-order valence-corrected chi connectivity index (χ1v) is 11.3. The van der Waals surface area contributed by atoms with E-state index in [9.17, 15) is 30.8 Å². The summed E-state index contributed by atoms with van der Waals surface area (Å²) in [7, 11) is -4.79. The number of aromatic carboxylic acids is 1. The van der Waals surface area contributed by atoms with Gasteiger partial charge in [-0.15, -0.1) is 5.10 Å². The Bertz CT molecular complexity index is 1370. The van der Waals surface area contributed by atoms with Crippen molar-refractivity contribution in [1.29, 1.82) is 0 Å². The SMILES string of the molecule is O=C(O)c1ccc(-c2n[nH]c3c2C(S(=O)(=O)c2c(C(F)(F)F)cnnc2Cl)CCC3)c(F)c1. The van der Waals surface area contributed by atoms with Crippen LogP contribution in [0.15, 0.2) is 29.3 Å². The van der Waals surface area contributed by atoms with Crippen molar-refractivity contribution in [2.24, 2.45) is 0 Å². The summed E-state index contributed by atoms with van der Waals surface area (Å²) in [6, 6.07) is 2.98. The van der Waals surface area contributed by atoms with E-state index in [0.717, 1.165) is 18.2 Å². The highest BCUT2D eigenvalue weighted by Gasteiger charge is 2.45. The number of nitrogens with one attached hydrogen (secondary N) is 1. The molecule has 0 radical (unpaired) electrons. The number of aryl methyl sites for hydroxylation is 1. The zero-order valence-corrected chi connectivity index (χ0v) is 17.9. The summed E-state index contributed by atoms with van der Waals surface area (Å²) in [5.41, 5.74) is -1.91. The molecule has 0 saturated carbocycles. The van der Waals surface area contributed by atoms with Gasteiger partial charge in [0.2, 0.25) is 0 Å². The topological polar surface area (TPSA) is 126 Å². The van der Waals surface area contributed by atoms with Gasteiger partial charge in [0, 0.05) is 16.8 Å². The number of hydrogen-bond donors (Lipinski definition) is 2. The summed E-state index contributed by atoms with van der Waals surface area (Å²) in [5.74, 6) is -2.35. The molecule has 1 aliphatic rings. The molecule has 2 N–H and O–H groups in total. The predicted molar refractivity (Wildman–Crippen MR) is 106 cm³/mol. The van der Waals surface area contributed by atoms with Gasteiger partial charge in [0.05, 0.1) is 28.3 Å². The number of H-pyrrole nitrogens is 1. The van der Waals surface area contributed by atoms with Crippen molar-refractivity contribution in [3.8, 4) is 11.3 Å². The van der Waals surface area contributed by atoms with Crippen LogP contribution in [-0.2, 0) is 22.4 Å². The molecule has 8 nitrogen and oxygen atoms in total. The number of halogens is 5. The Balaban J connectivity index is 1.91. The van der Waals surface area contributed by atoms with Crippen molar-refractivity contribution >= 4 is 27.4 Å². The van der Waals surface area contributed by atoms with E-state index in [2.05, 4.69) is 20.4 Å². The summed E-state index contributed by atoms with van der Waals surface area (Å²) in [6.45, 7) is 0. The largest absolute Gasteiger partial charge is 0.478 e. The highest BCUT2D eigenvalue weighted by molar-refractivity contribution is 7.91. The third-order valence-electron chi connectivity index (χ3n) is 5.30. The van der Waals surface area contributed by atoms with Crippen LogP contribution in [0.3, 0.4) is 0 Å². The fourth-order valence-electron chi connectivity index (χ4n) is 3.86. The highest BCUT2D eigenvalue weighted by Crippen LogP contribution is 2.47. The Morgan fingerprint density at radius 3 is 2.64 bits per heavy atom. The number of rotatable bonds is 4. The van der Waals surface area contributed by atoms with Crippen molar-refractivity contribution in [3.63, 3.8) is 0 Å². The van der Waals surface area contributed by atoms with E-state index in [1.54, 1.807) is 0 Å². The van der Waals surface area contributed by atoms with Gasteiger partial charge in [0.15, 0.2) is 15.0 Å². The Morgan fingerprint density at radius 2 is 2.00 bits per heavy atom. The summed E-state index contributed by atoms with van der Waals surface area (Å²) in [5, 5.41) is 19.6. The number of alkyl halides is 3. The van der Waals surface area contributed by atoms with Crippen LogP contribution in [0.4, 0.5) is 17.6 Å². The lowest BCUT2D eigenvalue weighted by atomic mass is 9.92. The van der Waals surface area contributed by atoms with Gasteiger partial charge in [-0.05, 0) is 37.5 Å². The van der Waals surface area contributed by atoms with Crippen molar-refractivity contribution in [2.45, 2.75) is 35.6 Å². The molecule has 1 aromatic carbocycles. The molecule has 0 bridgehead atoms. The second-order valence-corrected chi connectivity index (χ2v) is 9.69. The third-order valence-corrected chi connectivity index (χ3v) is 7.88. The fourth-order valence-corrected chi connectivity index (χ4v) is 6.40. The lowest BCUT2D eigenvalue weighted by Crippen LogP contribution is -2.23. The van der Waals surface area contributed by atoms with E-state index in [1.807, 2.05) is 0 Å². The molecule has 0 spiro atoms. The maximum atomic E-state index is 14.7. The molecule has 0 saturated heterocycles. The molecule has 2 aromatic heterocycles. The molecule has 3 aromatic rings. The molecule has 4 rings (SSSR count). The van der Waals surface area contributed by atoms with Crippen LogP contribution in [0.25, 0.3) is 11.3 Å². The molecule has 0 amide bonds. The first-order chi connectivity index (χ1) is 15.4. The number of sulfone groups is 1. The fraction of sp³-hybridized carbons (Fsp3) is 0.263. The van der Waals surface area contributed by atoms with Gasteiger partial charge in [0.1, 0.15) is 10.7 Å². The zero-order valence-electron chi connectivity index (χ0n) is 16.3. The van der Waals surface area contributed by atoms with E-state index >= 15 is 0 Å². The van der Waals surface area contributed by atoms with Crippen LogP contribution in [0.1, 0.15) is 45.3 Å². The smallest absolute Gasteiger partial charge is 0.419 e. The number of benzene rings is 1. The Labute approximate surface area is 188 Å². The van der Waals surface area contributed by atoms with E-state index in [1.165, 1.54) is 0 Å². The zero-order chi connectivity index (χ0) is 24.1. The van der Waals surface area contributed by atoms with E-state index in [4.69, 9.17) is 16.7 Å². The minimum atomic E-state index is -5.07. The number of carbonyl (C=O) groups is 1. The maximum absolute atomic E-state index is 14.7. The molecule has 0 aliphatic heterocycles. The standard InChI is InChI=1S/C19H13ClF4N4O4S/c20-17-16(10(7-25-28-17)19(22,23)24)33(31,32)13-3-1-2-12-14(13)15(27-26-12)9-5-4-8(18(29)30)6-11(9)21/h4-7,13H,1-3H2,(H,26,27)(H,29,30). The predicted octanol–water partition coefficient (Wildman–Crippen LogP) is 4.23. The first-order valence-electron chi connectivity index (χ1n) is 9.35. The number of aromatic nitrogens is 4. The van der Waals surface area contributed by atoms with Crippen LogP contribution >= 0.6 is 11.6 Å². The minimum Gasteiger partial charge on any atom is -0.478 e. The number of aromatic amines is 1. The molecule has 174 valence electrons. The quantitative estimate of drug-likeness (QED) is 0.509. The van der Waals surface area contributed by atoms with Crippen LogP contribution in [0.2, 0.25) is 5.15 Å². The Kier molecular flexibility index (Phi) is 5.65. The summed E-state index contributed by atoms with van der Waals surface area (Å²) < 4.78 is 82.4. The molecular weight excluding hydrogens is 492 g/mol. The number of hydrogen-bond acceptors (Lipinski definition) is 6. The van der Waals surface area contributed by atoms with E-state index in [-0.39, 0.29) is 35.0 Å². The summed E-state index contributed by atoms with van der Waals surface area (Å²) >= 11 is 5.78. The Hall–Kier alpha value is -3.06. The summed E-state index contributed by atoms with van der Waals surface area (Å²) in [6.07, 6.45) is -4.23. The van der Waals surface area contributed by atoms with Crippen molar-refractivity contribution < 1.29 is 35.9 Å². The molecule has 14 heteroatoms. The lowest BCUT2D eigenvalue weighted by molar-refractivity contribution is -0.140.